The number of likely N-dealkylation sites (tertiary alicyclic amines) is 1. The highest BCUT2D eigenvalue weighted by molar-refractivity contribution is 5.77. The van der Waals surface area contributed by atoms with Gasteiger partial charge >= 0.3 is 0 Å². The first-order valence-electron chi connectivity index (χ1n) is 8.14. The SMILES string of the molecule is Cc1ccc(CCC(=O)N2CC3CCC(N)C3C2)c(C)c1. The molecule has 21 heavy (non-hydrogen) atoms. The van der Waals surface area contributed by atoms with Gasteiger partial charge in [0.25, 0.3) is 0 Å². The second-order valence-electron chi connectivity index (χ2n) is 6.89. The van der Waals surface area contributed by atoms with Crippen molar-refractivity contribution in [2.45, 2.75) is 45.6 Å². The highest BCUT2D eigenvalue weighted by Gasteiger charge is 2.42. The fraction of sp³-hybridized carbons (Fsp3) is 0.611. The molecule has 1 saturated heterocycles. The van der Waals surface area contributed by atoms with E-state index in [0.717, 1.165) is 25.9 Å². The van der Waals surface area contributed by atoms with E-state index in [2.05, 4.69) is 36.9 Å². The number of fused-ring (bicyclic) bond motifs is 1. The summed E-state index contributed by atoms with van der Waals surface area (Å²) < 4.78 is 0. The molecule has 114 valence electrons. The average molecular weight is 286 g/mol. The van der Waals surface area contributed by atoms with Crippen molar-refractivity contribution in [2.24, 2.45) is 17.6 Å². The first-order valence-corrected chi connectivity index (χ1v) is 8.14. The maximum absolute atomic E-state index is 12.4. The van der Waals surface area contributed by atoms with Crippen molar-refractivity contribution in [2.75, 3.05) is 13.1 Å². The Labute approximate surface area is 127 Å². The monoisotopic (exact) mass is 286 g/mol. The molecule has 3 atom stereocenters. The molecule has 1 saturated carbocycles. The van der Waals surface area contributed by atoms with E-state index in [9.17, 15) is 4.79 Å². The summed E-state index contributed by atoms with van der Waals surface area (Å²) in [5.41, 5.74) is 10.0. The number of hydrogen-bond donors (Lipinski definition) is 1. The van der Waals surface area contributed by atoms with Gasteiger partial charge in [-0.25, -0.2) is 0 Å². The molecular formula is C18H26N2O. The molecule has 1 heterocycles. The highest BCUT2D eigenvalue weighted by atomic mass is 16.2. The number of amides is 1. The third kappa shape index (κ3) is 2.98. The van der Waals surface area contributed by atoms with E-state index in [0.29, 0.717) is 30.2 Å². The van der Waals surface area contributed by atoms with E-state index in [1.807, 2.05) is 0 Å². The van der Waals surface area contributed by atoms with E-state index in [-0.39, 0.29) is 0 Å². The Balaban J connectivity index is 1.55. The van der Waals surface area contributed by atoms with Gasteiger partial charge in [0.05, 0.1) is 0 Å². The third-order valence-corrected chi connectivity index (χ3v) is 5.37. The van der Waals surface area contributed by atoms with Crippen LogP contribution in [0.15, 0.2) is 18.2 Å². The van der Waals surface area contributed by atoms with Gasteiger partial charge in [0.15, 0.2) is 0 Å². The number of rotatable bonds is 3. The number of nitrogens with zero attached hydrogens (tertiary/aromatic N) is 1. The van der Waals surface area contributed by atoms with Crippen LogP contribution in [0.5, 0.6) is 0 Å². The smallest absolute Gasteiger partial charge is 0.222 e. The first-order chi connectivity index (χ1) is 10.0. The highest BCUT2D eigenvalue weighted by Crippen LogP contribution is 2.37. The van der Waals surface area contributed by atoms with Gasteiger partial charge in [-0.1, -0.05) is 23.8 Å². The van der Waals surface area contributed by atoms with E-state index >= 15 is 0 Å². The minimum absolute atomic E-state index is 0.302. The Morgan fingerprint density at radius 3 is 2.81 bits per heavy atom. The first kappa shape index (κ1) is 14.6. The fourth-order valence-corrected chi connectivity index (χ4v) is 4.04. The Bertz CT molecular complexity index is 540. The van der Waals surface area contributed by atoms with Gasteiger partial charge in [-0.05, 0) is 56.1 Å². The minimum atomic E-state index is 0.302. The molecule has 3 heteroatoms. The summed E-state index contributed by atoms with van der Waals surface area (Å²) in [6.07, 6.45) is 3.81. The summed E-state index contributed by atoms with van der Waals surface area (Å²) in [4.78, 5) is 14.5. The van der Waals surface area contributed by atoms with Crippen LogP contribution in [-0.4, -0.2) is 29.9 Å². The Hall–Kier alpha value is -1.35. The van der Waals surface area contributed by atoms with Crippen LogP contribution in [0, 0.1) is 25.7 Å². The maximum atomic E-state index is 12.4. The van der Waals surface area contributed by atoms with Gasteiger partial charge < -0.3 is 10.6 Å². The van der Waals surface area contributed by atoms with Crippen LogP contribution in [0.25, 0.3) is 0 Å². The molecule has 0 radical (unpaired) electrons. The Morgan fingerprint density at radius 2 is 2.10 bits per heavy atom. The van der Waals surface area contributed by atoms with Crippen molar-refractivity contribution in [3.63, 3.8) is 0 Å². The van der Waals surface area contributed by atoms with Crippen molar-refractivity contribution in [3.8, 4) is 0 Å². The molecule has 3 rings (SSSR count). The van der Waals surface area contributed by atoms with Crippen LogP contribution in [0.1, 0.15) is 36.0 Å². The molecule has 1 aliphatic heterocycles. The predicted molar refractivity (Wildman–Crippen MR) is 85.0 cm³/mol. The Morgan fingerprint density at radius 1 is 1.29 bits per heavy atom. The van der Waals surface area contributed by atoms with Gasteiger partial charge in [0.2, 0.25) is 5.91 Å². The lowest BCUT2D eigenvalue weighted by Gasteiger charge is -2.19. The number of carbonyl (C=O) groups is 1. The molecule has 2 N–H and O–H groups in total. The zero-order valence-corrected chi connectivity index (χ0v) is 13.1. The van der Waals surface area contributed by atoms with Gasteiger partial charge in [-0.2, -0.15) is 0 Å². The van der Waals surface area contributed by atoms with Gasteiger partial charge in [-0.15, -0.1) is 0 Å². The van der Waals surface area contributed by atoms with Crippen molar-refractivity contribution < 1.29 is 4.79 Å². The van der Waals surface area contributed by atoms with E-state index in [1.165, 1.54) is 23.1 Å². The summed E-state index contributed by atoms with van der Waals surface area (Å²) in [7, 11) is 0. The second kappa shape index (κ2) is 5.80. The van der Waals surface area contributed by atoms with E-state index in [1.54, 1.807) is 0 Å². The molecule has 0 aromatic heterocycles. The van der Waals surface area contributed by atoms with E-state index in [4.69, 9.17) is 5.73 Å². The van der Waals surface area contributed by atoms with E-state index < -0.39 is 0 Å². The Kier molecular flexibility index (Phi) is 4.03. The number of carbonyl (C=O) groups excluding carboxylic acids is 1. The van der Waals surface area contributed by atoms with Crippen molar-refractivity contribution in [1.29, 1.82) is 0 Å². The van der Waals surface area contributed by atoms with Gasteiger partial charge in [-0.3, -0.25) is 4.79 Å². The van der Waals surface area contributed by atoms with Crippen LogP contribution < -0.4 is 5.73 Å². The number of benzene rings is 1. The zero-order chi connectivity index (χ0) is 15.0. The molecule has 1 aliphatic carbocycles. The van der Waals surface area contributed by atoms with Crippen LogP contribution in [0.2, 0.25) is 0 Å². The maximum Gasteiger partial charge on any atom is 0.222 e. The van der Waals surface area contributed by atoms with Crippen LogP contribution in [0.3, 0.4) is 0 Å². The number of aryl methyl sites for hydroxylation is 3. The standard InChI is InChI=1S/C18H26N2O/c1-12-3-4-14(13(2)9-12)6-8-18(21)20-10-15-5-7-17(19)16(15)11-20/h3-4,9,15-17H,5-8,10-11,19H2,1-2H3. The quantitative estimate of drug-likeness (QED) is 0.927. The predicted octanol–water partition coefficient (Wildman–Crippen LogP) is 2.43. The summed E-state index contributed by atoms with van der Waals surface area (Å²) in [6.45, 7) is 6.06. The molecule has 2 aliphatic rings. The summed E-state index contributed by atoms with van der Waals surface area (Å²) in [5.74, 6) is 1.51. The summed E-state index contributed by atoms with van der Waals surface area (Å²) in [5, 5.41) is 0. The van der Waals surface area contributed by atoms with Crippen LogP contribution >= 0.6 is 0 Å². The largest absolute Gasteiger partial charge is 0.342 e. The zero-order valence-electron chi connectivity index (χ0n) is 13.1. The van der Waals surface area contributed by atoms with Gasteiger partial charge in [0.1, 0.15) is 0 Å². The normalized spacial score (nSPS) is 28.0. The fourth-order valence-electron chi connectivity index (χ4n) is 4.04. The van der Waals surface area contributed by atoms with Crippen molar-refractivity contribution in [1.82, 2.24) is 4.90 Å². The number of hydrogen-bond acceptors (Lipinski definition) is 2. The van der Waals surface area contributed by atoms with Crippen molar-refractivity contribution >= 4 is 5.91 Å². The summed E-state index contributed by atoms with van der Waals surface area (Å²) in [6, 6.07) is 6.80. The average Bonchev–Trinajstić information content (AvgIpc) is 3.00. The molecule has 2 fully saturated rings. The minimum Gasteiger partial charge on any atom is -0.342 e. The lowest BCUT2D eigenvalue weighted by atomic mass is 9.98. The second-order valence-corrected chi connectivity index (χ2v) is 6.89. The molecule has 3 unspecified atom stereocenters. The molecule has 1 amide bonds. The van der Waals surface area contributed by atoms with Gasteiger partial charge in [0, 0.05) is 25.6 Å². The van der Waals surface area contributed by atoms with Crippen molar-refractivity contribution in [3.05, 3.63) is 34.9 Å². The topological polar surface area (TPSA) is 46.3 Å². The molecule has 0 spiro atoms. The molecular weight excluding hydrogens is 260 g/mol. The third-order valence-electron chi connectivity index (χ3n) is 5.37. The molecule has 1 aromatic carbocycles. The van der Waals surface area contributed by atoms with Crippen LogP contribution in [0.4, 0.5) is 0 Å². The number of nitrogens with two attached hydrogens (primary N) is 1. The molecule has 1 aromatic rings. The lowest BCUT2D eigenvalue weighted by molar-refractivity contribution is -0.130. The summed E-state index contributed by atoms with van der Waals surface area (Å²) >= 11 is 0. The lowest BCUT2D eigenvalue weighted by Crippen LogP contribution is -2.33. The van der Waals surface area contributed by atoms with Crippen LogP contribution in [-0.2, 0) is 11.2 Å². The molecule has 3 nitrogen and oxygen atoms in total. The molecule has 0 bridgehead atoms.